The van der Waals surface area contributed by atoms with Crippen LogP contribution in [0.25, 0.3) is 0 Å². The molecule has 0 bridgehead atoms. The SMILES string of the molecule is COc1ccc(N2CC[NH+](CC(=O)N[C@H]3CC[NH+](Cc4ccccc4)C3)CC2)cc1. The molecule has 1 unspecified atom stereocenters. The first-order valence-corrected chi connectivity index (χ1v) is 11.1. The van der Waals surface area contributed by atoms with Crippen molar-refractivity contribution < 1.29 is 19.3 Å². The van der Waals surface area contributed by atoms with Crippen molar-refractivity contribution in [3.8, 4) is 5.75 Å². The smallest absolute Gasteiger partial charge is 0.275 e. The number of nitrogens with zero attached hydrogens (tertiary/aromatic N) is 1. The Morgan fingerprint density at radius 3 is 2.47 bits per heavy atom. The van der Waals surface area contributed by atoms with E-state index >= 15 is 0 Å². The summed E-state index contributed by atoms with van der Waals surface area (Å²) in [6.07, 6.45) is 1.08. The van der Waals surface area contributed by atoms with Crippen molar-refractivity contribution in [1.82, 2.24) is 5.32 Å². The molecule has 0 aromatic heterocycles. The lowest BCUT2D eigenvalue weighted by atomic mass is 10.2. The van der Waals surface area contributed by atoms with E-state index < -0.39 is 0 Å². The molecule has 0 aliphatic carbocycles. The van der Waals surface area contributed by atoms with Crippen LogP contribution in [0.15, 0.2) is 54.6 Å². The predicted molar refractivity (Wildman–Crippen MR) is 118 cm³/mol. The molecule has 6 nitrogen and oxygen atoms in total. The number of nitrogens with one attached hydrogen (secondary N) is 3. The van der Waals surface area contributed by atoms with Crippen molar-refractivity contribution in [1.29, 1.82) is 0 Å². The fourth-order valence-electron chi connectivity index (χ4n) is 4.66. The highest BCUT2D eigenvalue weighted by atomic mass is 16.5. The molecule has 2 saturated heterocycles. The maximum atomic E-state index is 12.6. The van der Waals surface area contributed by atoms with E-state index in [-0.39, 0.29) is 5.91 Å². The van der Waals surface area contributed by atoms with Crippen LogP contribution in [0.3, 0.4) is 0 Å². The van der Waals surface area contributed by atoms with E-state index in [1.165, 1.54) is 16.2 Å². The summed E-state index contributed by atoms with van der Waals surface area (Å²) in [6.45, 7) is 7.74. The second-order valence-corrected chi connectivity index (χ2v) is 8.53. The summed E-state index contributed by atoms with van der Waals surface area (Å²) in [5.41, 5.74) is 2.60. The van der Waals surface area contributed by atoms with Gasteiger partial charge in [-0.2, -0.15) is 0 Å². The van der Waals surface area contributed by atoms with E-state index in [2.05, 4.69) is 52.7 Å². The van der Waals surface area contributed by atoms with E-state index in [9.17, 15) is 4.79 Å². The molecule has 160 valence electrons. The molecule has 3 N–H and O–H groups in total. The van der Waals surface area contributed by atoms with Gasteiger partial charge in [-0.1, -0.05) is 30.3 Å². The highest BCUT2D eigenvalue weighted by molar-refractivity contribution is 5.77. The predicted octanol–water partition coefficient (Wildman–Crippen LogP) is -0.626. The van der Waals surface area contributed by atoms with Crippen molar-refractivity contribution in [2.45, 2.75) is 19.0 Å². The lowest BCUT2D eigenvalue weighted by Gasteiger charge is -2.33. The van der Waals surface area contributed by atoms with Gasteiger partial charge in [0.25, 0.3) is 5.91 Å². The van der Waals surface area contributed by atoms with Crippen LogP contribution >= 0.6 is 0 Å². The average Bonchev–Trinajstić information content (AvgIpc) is 3.21. The third-order valence-corrected chi connectivity index (χ3v) is 6.36. The summed E-state index contributed by atoms with van der Waals surface area (Å²) in [7, 11) is 1.69. The first-order chi connectivity index (χ1) is 14.7. The Hall–Kier alpha value is -2.57. The number of carbonyl (C=O) groups is 1. The van der Waals surface area contributed by atoms with Gasteiger partial charge < -0.3 is 24.8 Å². The van der Waals surface area contributed by atoms with Gasteiger partial charge in [-0.3, -0.25) is 4.79 Å². The van der Waals surface area contributed by atoms with Crippen molar-refractivity contribution in [3.63, 3.8) is 0 Å². The Labute approximate surface area is 179 Å². The summed E-state index contributed by atoms with van der Waals surface area (Å²) in [5, 5.41) is 3.29. The van der Waals surface area contributed by atoms with E-state index in [1.54, 1.807) is 12.0 Å². The first-order valence-electron chi connectivity index (χ1n) is 11.1. The maximum Gasteiger partial charge on any atom is 0.275 e. The topological polar surface area (TPSA) is 50.5 Å². The number of quaternary nitrogens is 2. The Morgan fingerprint density at radius 1 is 1.03 bits per heavy atom. The molecule has 0 spiro atoms. The summed E-state index contributed by atoms with van der Waals surface area (Å²) in [6, 6.07) is 19.2. The molecule has 2 heterocycles. The highest BCUT2D eigenvalue weighted by Crippen LogP contribution is 2.18. The zero-order valence-corrected chi connectivity index (χ0v) is 17.9. The highest BCUT2D eigenvalue weighted by Gasteiger charge is 2.29. The normalized spacial score (nSPS) is 22.1. The molecule has 0 saturated carbocycles. The van der Waals surface area contributed by atoms with Crippen molar-refractivity contribution in [3.05, 3.63) is 60.2 Å². The standard InChI is InChI=1S/C24H32N4O2/c1-30-23-9-7-22(8-10-23)28-15-13-26(14-16-28)19-24(29)25-21-11-12-27(18-21)17-20-5-3-2-4-6-20/h2-10,21H,11-19H2,1H3,(H,25,29)/p+2/t21-/m0/s1. The number of anilines is 1. The molecule has 6 heteroatoms. The Kier molecular flexibility index (Phi) is 6.87. The zero-order valence-electron chi connectivity index (χ0n) is 17.9. The Balaban J connectivity index is 1.17. The number of rotatable bonds is 7. The average molecular weight is 411 g/mol. The third kappa shape index (κ3) is 5.52. The van der Waals surface area contributed by atoms with Gasteiger partial charge in [0.1, 0.15) is 12.3 Å². The number of ether oxygens (including phenoxy) is 1. The zero-order chi connectivity index (χ0) is 20.8. The van der Waals surface area contributed by atoms with Crippen molar-refractivity contribution >= 4 is 11.6 Å². The number of amides is 1. The van der Waals surface area contributed by atoms with Crippen LogP contribution in [-0.2, 0) is 11.3 Å². The summed E-state index contributed by atoms with van der Waals surface area (Å²) in [5.74, 6) is 1.09. The molecule has 4 rings (SSSR count). The number of methoxy groups -OCH3 is 1. The minimum Gasteiger partial charge on any atom is -0.497 e. The van der Waals surface area contributed by atoms with Crippen LogP contribution in [0.1, 0.15) is 12.0 Å². The van der Waals surface area contributed by atoms with Gasteiger partial charge in [0, 0.05) is 17.7 Å². The molecule has 2 aliphatic heterocycles. The minimum atomic E-state index is 0.203. The number of hydrogen-bond donors (Lipinski definition) is 3. The molecule has 2 fully saturated rings. The maximum absolute atomic E-state index is 12.6. The molecular formula is C24H34N4O2+2. The van der Waals surface area contributed by atoms with E-state index in [0.29, 0.717) is 12.6 Å². The van der Waals surface area contributed by atoms with Crippen LogP contribution in [0.5, 0.6) is 5.75 Å². The molecule has 2 aliphatic rings. The molecular weight excluding hydrogens is 376 g/mol. The van der Waals surface area contributed by atoms with E-state index in [4.69, 9.17) is 4.74 Å². The number of hydrogen-bond acceptors (Lipinski definition) is 3. The van der Waals surface area contributed by atoms with Gasteiger partial charge in [-0.15, -0.1) is 0 Å². The monoisotopic (exact) mass is 410 g/mol. The fourth-order valence-corrected chi connectivity index (χ4v) is 4.66. The fraction of sp³-hybridized carbons (Fsp3) is 0.458. The third-order valence-electron chi connectivity index (χ3n) is 6.36. The molecule has 2 aromatic carbocycles. The lowest BCUT2D eigenvalue weighted by molar-refractivity contribution is -0.901. The van der Waals surface area contributed by atoms with Crippen LogP contribution in [0.4, 0.5) is 5.69 Å². The number of benzene rings is 2. The number of likely N-dealkylation sites (tertiary alicyclic amines) is 1. The minimum absolute atomic E-state index is 0.203. The Bertz CT molecular complexity index is 804. The summed E-state index contributed by atoms with van der Waals surface area (Å²) >= 11 is 0. The summed E-state index contributed by atoms with van der Waals surface area (Å²) < 4.78 is 5.24. The second kappa shape index (κ2) is 9.96. The van der Waals surface area contributed by atoms with Crippen molar-refractivity contribution in [2.24, 2.45) is 0 Å². The first kappa shape index (κ1) is 20.7. The Morgan fingerprint density at radius 2 is 1.77 bits per heavy atom. The summed E-state index contributed by atoms with van der Waals surface area (Å²) in [4.78, 5) is 17.9. The quantitative estimate of drug-likeness (QED) is 0.570. The van der Waals surface area contributed by atoms with Gasteiger partial charge >= 0.3 is 0 Å². The van der Waals surface area contributed by atoms with Crippen LogP contribution < -0.4 is 24.8 Å². The molecule has 30 heavy (non-hydrogen) atoms. The van der Waals surface area contributed by atoms with Gasteiger partial charge in [-0.25, -0.2) is 0 Å². The molecule has 2 aromatic rings. The van der Waals surface area contributed by atoms with Crippen LogP contribution in [0, 0.1) is 0 Å². The second-order valence-electron chi connectivity index (χ2n) is 8.53. The number of piperazine rings is 1. The number of carbonyl (C=O) groups excluding carboxylic acids is 1. The van der Waals surface area contributed by atoms with Gasteiger partial charge in [-0.05, 0) is 24.3 Å². The molecule has 2 atom stereocenters. The van der Waals surface area contributed by atoms with Crippen molar-refractivity contribution in [2.75, 3.05) is 57.8 Å². The molecule has 1 amide bonds. The van der Waals surface area contributed by atoms with Crippen LogP contribution in [-0.4, -0.2) is 64.9 Å². The van der Waals surface area contributed by atoms with Gasteiger partial charge in [0.05, 0.1) is 52.4 Å². The lowest BCUT2D eigenvalue weighted by Crippen LogP contribution is -3.16. The molecule has 0 radical (unpaired) electrons. The van der Waals surface area contributed by atoms with Gasteiger partial charge in [0.2, 0.25) is 0 Å². The van der Waals surface area contributed by atoms with Crippen LogP contribution in [0.2, 0.25) is 0 Å². The van der Waals surface area contributed by atoms with Gasteiger partial charge in [0.15, 0.2) is 6.54 Å². The van der Waals surface area contributed by atoms with E-state index in [0.717, 1.165) is 58.0 Å². The largest absolute Gasteiger partial charge is 0.497 e. The van der Waals surface area contributed by atoms with E-state index in [1.807, 2.05) is 12.1 Å².